The van der Waals surface area contributed by atoms with Crippen LogP contribution in [-0.4, -0.2) is 67.0 Å². The van der Waals surface area contributed by atoms with Crippen molar-refractivity contribution in [1.82, 2.24) is 14.7 Å². The van der Waals surface area contributed by atoms with Crippen molar-refractivity contribution < 1.29 is 0 Å². The van der Waals surface area contributed by atoms with Crippen molar-refractivity contribution in [3.05, 3.63) is 12.3 Å². The number of piperazine rings is 1. The van der Waals surface area contributed by atoms with E-state index in [0.717, 1.165) is 45.2 Å². The summed E-state index contributed by atoms with van der Waals surface area (Å²) in [4.78, 5) is 11.8. The van der Waals surface area contributed by atoms with Crippen molar-refractivity contribution >= 4 is 5.84 Å². The van der Waals surface area contributed by atoms with Crippen LogP contribution in [0.25, 0.3) is 0 Å². The van der Waals surface area contributed by atoms with Crippen LogP contribution in [0.2, 0.25) is 0 Å². The van der Waals surface area contributed by atoms with Crippen molar-refractivity contribution in [1.29, 1.82) is 0 Å². The number of amidine groups is 1. The first kappa shape index (κ1) is 13.4. The van der Waals surface area contributed by atoms with Crippen LogP contribution in [0, 0.1) is 5.41 Å². The Bertz CT molecular complexity index is 332. The largest absolute Gasteiger partial charge is 0.358 e. The summed E-state index contributed by atoms with van der Waals surface area (Å²) in [6.45, 7) is 13.1. The molecule has 2 heterocycles. The van der Waals surface area contributed by atoms with Gasteiger partial charge in [0.2, 0.25) is 0 Å². The number of nitrogens with zero attached hydrogens (tertiary/aromatic N) is 4. The first-order chi connectivity index (χ1) is 8.44. The molecule has 0 aliphatic carbocycles. The molecule has 0 radical (unpaired) electrons. The van der Waals surface area contributed by atoms with E-state index in [-0.39, 0.29) is 0 Å². The predicted octanol–water partition coefficient (Wildman–Crippen LogP) is 1.47. The fourth-order valence-electron chi connectivity index (χ4n) is 2.39. The van der Waals surface area contributed by atoms with Crippen LogP contribution in [-0.2, 0) is 0 Å². The lowest BCUT2D eigenvalue weighted by Gasteiger charge is -2.36. The van der Waals surface area contributed by atoms with Gasteiger partial charge in [0.1, 0.15) is 12.5 Å². The smallest absolute Gasteiger partial charge is 0.127 e. The van der Waals surface area contributed by atoms with Crippen LogP contribution >= 0.6 is 0 Å². The second kappa shape index (κ2) is 5.31. The molecular weight excluding hydrogens is 224 g/mol. The molecule has 4 heteroatoms. The van der Waals surface area contributed by atoms with E-state index < -0.39 is 0 Å². The average molecular weight is 250 g/mol. The monoisotopic (exact) mass is 250 g/mol. The Hall–Kier alpha value is -1.03. The second-order valence-electron chi connectivity index (χ2n) is 6.57. The minimum atomic E-state index is 0.325. The van der Waals surface area contributed by atoms with Crippen molar-refractivity contribution in [3.63, 3.8) is 0 Å². The molecule has 0 spiro atoms. The lowest BCUT2D eigenvalue weighted by Crippen LogP contribution is -2.47. The summed E-state index contributed by atoms with van der Waals surface area (Å²) in [6.07, 6.45) is 4.37. The second-order valence-corrected chi connectivity index (χ2v) is 6.57. The Kier molecular flexibility index (Phi) is 3.95. The van der Waals surface area contributed by atoms with Gasteiger partial charge in [-0.15, -0.1) is 0 Å². The van der Waals surface area contributed by atoms with Crippen LogP contribution in [0.5, 0.6) is 0 Å². The normalized spacial score (nSPS) is 22.3. The van der Waals surface area contributed by atoms with Gasteiger partial charge in [-0.25, -0.2) is 4.99 Å². The maximum Gasteiger partial charge on any atom is 0.127 e. The Morgan fingerprint density at radius 2 is 1.83 bits per heavy atom. The van der Waals surface area contributed by atoms with Gasteiger partial charge in [0.05, 0.1) is 0 Å². The van der Waals surface area contributed by atoms with Crippen LogP contribution in [0.3, 0.4) is 0 Å². The van der Waals surface area contributed by atoms with E-state index in [2.05, 4.69) is 54.8 Å². The summed E-state index contributed by atoms with van der Waals surface area (Å²) in [5, 5.41) is 0. The summed E-state index contributed by atoms with van der Waals surface area (Å²) in [6, 6.07) is 0. The van der Waals surface area contributed by atoms with Gasteiger partial charge < -0.3 is 14.7 Å². The number of rotatable bonds is 1. The molecule has 0 amide bonds. The molecule has 0 unspecified atom stereocenters. The Balaban J connectivity index is 1.86. The van der Waals surface area contributed by atoms with Crippen LogP contribution < -0.4 is 0 Å². The highest BCUT2D eigenvalue weighted by Crippen LogP contribution is 2.17. The summed E-state index contributed by atoms with van der Waals surface area (Å²) in [5.41, 5.74) is 0.325. The number of aliphatic imine (C=N–C) groups is 1. The van der Waals surface area contributed by atoms with E-state index in [4.69, 9.17) is 4.99 Å². The van der Waals surface area contributed by atoms with Gasteiger partial charge in [0.25, 0.3) is 0 Å². The molecule has 0 saturated carbocycles. The van der Waals surface area contributed by atoms with Crippen molar-refractivity contribution in [2.75, 3.05) is 46.4 Å². The number of likely N-dealkylation sites (N-methyl/N-ethyl adjacent to an activating group) is 1. The Labute approximate surface area is 111 Å². The minimum absolute atomic E-state index is 0.325. The molecular formula is C14H26N4. The molecule has 0 bridgehead atoms. The van der Waals surface area contributed by atoms with Gasteiger partial charge in [-0.1, -0.05) is 20.8 Å². The highest BCUT2D eigenvalue weighted by Gasteiger charge is 2.19. The highest BCUT2D eigenvalue weighted by atomic mass is 15.3. The summed E-state index contributed by atoms with van der Waals surface area (Å²) >= 11 is 0. The van der Waals surface area contributed by atoms with Crippen molar-refractivity contribution in [2.45, 2.75) is 20.8 Å². The van der Waals surface area contributed by atoms with E-state index in [0.29, 0.717) is 5.41 Å². The third-order valence-corrected chi connectivity index (χ3v) is 3.35. The quantitative estimate of drug-likeness (QED) is 0.703. The van der Waals surface area contributed by atoms with E-state index in [1.165, 1.54) is 0 Å². The van der Waals surface area contributed by atoms with Crippen LogP contribution in [0.15, 0.2) is 17.3 Å². The zero-order valence-electron chi connectivity index (χ0n) is 12.2. The summed E-state index contributed by atoms with van der Waals surface area (Å²) in [7, 11) is 2.18. The number of hydrogen-bond acceptors (Lipinski definition) is 4. The lowest BCUT2D eigenvalue weighted by molar-refractivity contribution is 0.211. The molecule has 102 valence electrons. The minimum Gasteiger partial charge on any atom is -0.358 e. The Morgan fingerprint density at radius 1 is 1.17 bits per heavy atom. The highest BCUT2D eigenvalue weighted by molar-refractivity contribution is 5.93. The standard InChI is InChI=1S/C14H26N4/c1-14(2,3)11-17-6-5-13(15-12-17)18-9-7-16(4)8-10-18/h5-6H,7-12H2,1-4H3. The molecule has 2 rings (SSSR count). The van der Waals surface area contributed by atoms with Crippen molar-refractivity contribution in [3.8, 4) is 0 Å². The molecule has 0 aromatic heterocycles. The van der Waals surface area contributed by atoms with E-state index in [1.807, 2.05) is 0 Å². The number of hydrogen-bond donors (Lipinski definition) is 0. The van der Waals surface area contributed by atoms with Gasteiger partial charge in [0, 0.05) is 38.9 Å². The lowest BCUT2D eigenvalue weighted by atomic mass is 9.96. The first-order valence-corrected chi connectivity index (χ1v) is 6.84. The maximum atomic E-state index is 4.71. The molecule has 2 aliphatic rings. The van der Waals surface area contributed by atoms with E-state index in [9.17, 15) is 0 Å². The molecule has 2 aliphatic heterocycles. The molecule has 0 atom stereocenters. The SMILES string of the molecule is CN1CCN(C2=NCN(CC(C)(C)C)C=C2)CC1. The third kappa shape index (κ3) is 3.73. The fraction of sp³-hybridized carbons (Fsp3) is 0.786. The van der Waals surface area contributed by atoms with Crippen LogP contribution in [0.1, 0.15) is 20.8 Å². The van der Waals surface area contributed by atoms with Gasteiger partial charge in [0.15, 0.2) is 0 Å². The van der Waals surface area contributed by atoms with Gasteiger partial charge in [-0.2, -0.15) is 0 Å². The molecule has 1 saturated heterocycles. The molecule has 0 N–H and O–H groups in total. The third-order valence-electron chi connectivity index (χ3n) is 3.35. The Morgan fingerprint density at radius 3 is 2.33 bits per heavy atom. The summed E-state index contributed by atoms with van der Waals surface area (Å²) < 4.78 is 0. The van der Waals surface area contributed by atoms with Gasteiger partial charge >= 0.3 is 0 Å². The topological polar surface area (TPSA) is 22.1 Å². The molecule has 0 aromatic rings. The average Bonchev–Trinajstić information content (AvgIpc) is 2.29. The zero-order valence-corrected chi connectivity index (χ0v) is 12.2. The molecule has 18 heavy (non-hydrogen) atoms. The zero-order chi connectivity index (χ0) is 13.2. The molecule has 4 nitrogen and oxygen atoms in total. The predicted molar refractivity (Wildman–Crippen MR) is 76.7 cm³/mol. The van der Waals surface area contributed by atoms with Gasteiger partial charge in [-0.3, -0.25) is 0 Å². The van der Waals surface area contributed by atoms with Crippen molar-refractivity contribution in [2.24, 2.45) is 10.4 Å². The fourth-order valence-corrected chi connectivity index (χ4v) is 2.39. The first-order valence-electron chi connectivity index (χ1n) is 6.84. The molecule has 0 aromatic carbocycles. The molecule has 1 fully saturated rings. The summed E-state index contributed by atoms with van der Waals surface area (Å²) in [5.74, 6) is 1.16. The van der Waals surface area contributed by atoms with E-state index in [1.54, 1.807) is 0 Å². The van der Waals surface area contributed by atoms with Crippen LogP contribution in [0.4, 0.5) is 0 Å². The maximum absolute atomic E-state index is 4.71. The van der Waals surface area contributed by atoms with E-state index >= 15 is 0 Å². The van der Waals surface area contributed by atoms with Gasteiger partial charge in [-0.05, 0) is 18.5 Å².